The number of hydrogen-bond acceptors (Lipinski definition) is 7. The molecule has 0 fully saturated rings. The van der Waals surface area contributed by atoms with Crippen LogP contribution in [0.25, 0.3) is 0 Å². The van der Waals surface area contributed by atoms with Crippen molar-refractivity contribution in [1.82, 2.24) is 14.5 Å². The first kappa shape index (κ1) is 23.2. The Labute approximate surface area is 175 Å². The van der Waals surface area contributed by atoms with Gasteiger partial charge in [0.15, 0.2) is 11.5 Å². The van der Waals surface area contributed by atoms with Crippen molar-refractivity contribution in [2.24, 2.45) is 4.99 Å². The highest BCUT2D eigenvalue weighted by Gasteiger charge is 2.13. The first-order valence-electron chi connectivity index (χ1n) is 9.94. The van der Waals surface area contributed by atoms with Crippen molar-refractivity contribution in [2.75, 3.05) is 40.4 Å². The van der Waals surface area contributed by atoms with Gasteiger partial charge in [0.1, 0.15) is 5.56 Å². The fourth-order valence-electron chi connectivity index (χ4n) is 3.07. The predicted octanol–water partition coefficient (Wildman–Crippen LogP) is 1.26. The predicted molar refractivity (Wildman–Crippen MR) is 116 cm³/mol. The number of H-pyrrole nitrogens is 1. The van der Waals surface area contributed by atoms with E-state index in [0.717, 1.165) is 29.8 Å². The summed E-state index contributed by atoms with van der Waals surface area (Å²) >= 11 is 0. The molecule has 1 aromatic heterocycles. The van der Waals surface area contributed by atoms with E-state index < -0.39 is 17.1 Å². The molecule has 0 aliphatic rings. The van der Waals surface area contributed by atoms with Crippen LogP contribution in [0, 0.1) is 0 Å². The Morgan fingerprint density at radius 1 is 1.17 bits per heavy atom. The van der Waals surface area contributed by atoms with Gasteiger partial charge in [0.25, 0.3) is 5.56 Å². The summed E-state index contributed by atoms with van der Waals surface area (Å²) in [6.07, 6.45) is 1.77. The second-order valence-electron chi connectivity index (χ2n) is 6.65. The Balaban J connectivity index is 2.18. The number of aryl methyl sites for hydroxylation is 1. The van der Waals surface area contributed by atoms with Gasteiger partial charge in [-0.25, -0.2) is 4.79 Å². The lowest BCUT2D eigenvalue weighted by molar-refractivity contribution is 0.313. The van der Waals surface area contributed by atoms with E-state index in [0.29, 0.717) is 24.5 Å². The SMILES string of the molecule is CCN(CC)CCN=Cc1c(O)n(CCc2ccc(OC)c(OC)c2)c(=O)[nH]c1=O. The number of aromatic nitrogens is 2. The molecule has 0 unspecified atom stereocenters. The Morgan fingerprint density at radius 3 is 2.50 bits per heavy atom. The van der Waals surface area contributed by atoms with Crippen LogP contribution in [0.5, 0.6) is 17.4 Å². The van der Waals surface area contributed by atoms with Gasteiger partial charge < -0.3 is 19.5 Å². The van der Waals surface area contributed by atoms with E-state index in [9.17, 15) is 14.7 Å². The summed E-state index contributed by atoms with van der Waals surface area (Å²) in [5, 5.41) is 10.5. The van der Waals surface area contributed by atoms with Gasteiger partial charge in [-0.15, -0.1) is 0 Å². The van der Waals surface area contributed by atoms with Crippen molar-refractivity contribution in [3.8, 4) is 17.4 Å². The van der Waals surface area contributed by atoms with E-state index in [1.54, 1.807) is 20.3 Å². The maximum Gasteiger partial charge on any atom is 0.331 e. The van der Waals surface area contributed by atoms with Gasteiger partial charge >= 0.3 is 5.69 Å². The Hall–Kier alpha value is -3.07. The van der Waals surface area contributed by atoms with Gasteiger partial charge in [-0.3, -0.25) is 19.3 Å². The maximum atomic E-state index is 12.2. The molecule has 2 rings (SSSR count). The molecule has 1 heterocycles. The summed E-state index contributed by atoms with van der Waals surface area (Å²) < 4.78 is 11.6. The minimum atomic E-state index is -0.668. The Morgan fingerprint density at radius 2 is 1.87 bits per heavy atom. The summed E-state index contributed by atoms with van der Waals surface area (Å²) in [5.74, 6) is 0.790. The second kappa shape index (κ2) is 11.2. The number of aromatic hydroxyl groups is 1. The smallest absolute Gasteiger partial charge is 0.331 e. The Kier molecular flexibility index (Phi) is 8.67. The van der Waals surface area contributed by atoms with E-state index in [-0.39, 0.29) is 12.1 Å². The summed E-state index contributed by atoms with van der Waals surface area (Å²) in [5.41, 5.74) is -0.467. The van der Waals surface area contributed by atoms with E-state index in [4.69, 9.17) is 9.47 Å². The molecule has 0 atom stereocenters. The number of nitrogens with zero attached hydrogens (tertiary/aromatic N) is 3. The largest absolute Gasteiger partial charge is 0.494 e. The molecule has 0 bridgehead atoms. The van der Waals surface area contributed by atoms with Crippen molar-refractivity contribution in [3.63, 3.8) is 0 Å². The number of rotatable bonds is 11. The maximum absolute atomic E-state index is 12.2. The molecule has 164 valence electrons. The van der Waals surface area contributed by atoms with Gasteiger partial charge in [-0.2, -0.15) is 0 Å². The van der Waals surface area contributed by atoms with Gasteiger partial charge in [0, 0.05) is 19.3 Å². The normalized spacial score (nSPS) is 11.4. The van der Waals surface area contributed by atoms with E-state index in [1.165, 1.54) is 6.21 Å². The van der Waals surface area contributed by atoms with E-state index in [1.807, 2.05) is 12.1 Å². The molecule has 30 heavy (non-hydrogen) atoms. The number of hydrogen-bond donors (Lipinski definition) is 2. The van der Waals surface area contributed by atoms with Crippen LogP contribution in [0.4, 0.5) is 0 Å². The molecule has 0 radical (unpaired) electrons. The van der Waals surface area contributed by atoms with E-state index >= 15 is 0 Å². The third-order valence-electron chi connectivity index (χ3n) is 4.94. The molecule has 9 heteroatoms. The molecule has 0 saturated heterocycles. The quantitative estimate of drug-likeness (QED) is 0.532. The summed E-state index contributed by atoms with van der Waals surface area (Å²) in [6.45, 7) is 7.39. The highest BCUT2D eigenvalue weighted by molar-refractivity contribution is 5.81. The highest BCUT2D eigenvalue weighted by Crippen LogP contribution is 2.27. The topological polar surface area (TPSA) is 109 Å². The lowest BCUT2D eigenvalue weighted by atomic mass is 10.1. The number of ether oxygens (including phenoxy) is 2. The molecule has 0 aliphatic carbocycles. The molecular formula is C21H30N4O5. The van der Waals surface area contributed by atoms with Gasteiger partial charge in [-0.05, 0) is 37.2 Å². The minimum absolute atomic E-state index is 0.0264. The van der Waals surface area contributed by atoms with Crippen LogP contribution in [0.15, 0.2) is 32.8 Å². The number of benzene rings is 1. The van der Waals surface area contributed by atoms with Crippen LogP contribution < -0.4 is 20.7 Å². The van der Waals surface area contributed by atoms with Crippen molar-refractivity contribution < 1.29 is 14.6 Å². The van der Waals surface area contributed by atoms with Gasteiger partial charge in [-0.1, -0.05) is 19.9 Å². The lowest BCUT2D eigenvalue weighted by Crippen LogP contribution is -2.32. The van der Waals surface area contributed by atoms with Gasteiger partial charge in [0.2, 0.25) is 5.88 Å². The molecule has 0 spiro atoms. The molecule has 2 N–H and O–H groups in total. The first-order valence-corrected chi connectivity index (χ1v) is 9.94. The lowest BCUT2D eigenvalue weighted by Gasteiger charge is -2.15. The number of aliphatic imine (C=N–C) groups is 1. The van der Waals surface area contributed by atoms with Crippen molar-refractivity contribution in [3.05, 3.63) is 50.2 Å². The first-order chi connectivity index (χ1) is 14.4. The van der Waals surface area contributed by atoms with Crippen molar-refractivity contribution in [1.29, 1.82) is 0 Å². The van der Waals surface area contributed by atoms with Crippen LogP contribution in [0.2, 0.25) is 0 Å². The van der Waals surface area contributed by atoms with Crippen LogP contribution in [-0.2, 0) is 13.0 Å². The van der Waals surface area contributed by atoms with Gasteiger partial charge in [0.05, 0.1) is 20.8 Å². The molecule has 1 aromatic carbocycles. The van der Waals surface area contributed by atoms with E-state index in [2.05, 4.69) is 28.7 Å². The molecule has 0 aliphatic heterocycles. The van der Waals surface area contributed by atoms with Crippen LogP contribution in [0.1, 0.15) is 25.0 Å². The second-order valence-corrected chi connectivity index (χ2v) is 6.65. The average Bonchev–Trinajstić information content (AvgIpc) is 2.75. The Bertz CT molecular complexity index is 976. The van der Waals surface area contributed by atoms with Crippen LogP contribution >= 0.6 is 0 Å². The third-order valence-corrected chi connectivity index (χ3v) is 4.94. The number of aromatic amines is 1. The molecule has 9 nitrogen and oxygen atoms in total. The summed E-state index contributed by atoms with van der Waals surface area (Å²) in [6, 6.07) is 5.44. The number of likely N-dealkylation sites (N-methyl/N-ethyl adjacent to an activating group) is 1. The summed E-state index contributed by atoms with van der Waals surface area (Å²) in [7, 11) is 3.10. The molecule has 0 saturated carbocycles. The zero-order valence-corrected chi connectivity index (χ0v) is 18.0. The molecule has 2 aromatic rings. The monoisotopic (exact) mass is 418 g/mol. The number of nitrogens with one attached hydrogen (secondary N) is 1. The fourth-order valence-corrected chi connectivity index (χ4v) is 3.07. The van der Waals surface area contributed by atoms with Crippen LogP contribution in [0.3, 0.4) is 0 Å². The zero-order valence-electron chi connectivity index (χ0n) is 18.0. The van der Waals surface area contributed by atoms with Crippen molar-refractivity contribution in [2.45, 2.75) is 26.8 Å². The standard InChI is InChI=1S/C21H30N4O5/c1-5-24(6-2)12-10-22-14-16-19(26)23-21(28)25(20(16)27)11-9-15-7-8-17(29-3)18(13-15)30-4/h7-8,13-14,27H,5-6,9-12H2,1-4H3,(H,23,26,28). The fraction of sp³-hybridized carbons (Fsp3) is 0.476. The van der Waals surface area contributed by atoms with Crippen molar-refractivity contribution >= 4 is 6.21 Å². The highest BCUT2D eigenvalue weighted by atomic mass is 16.5. The minimum Gasteiger partial charge on any atom is -0.494 e. The number of methoxy groups -OCH3 is 2. The average molecular weight is 418 g/mol. The zero-order chi connectivity index (χ0) is 22.1. The summed E-state index contributed by atoms with van der Waals surface area (Å²) in [4.78, 5) is 33.0. The van der Waals surface area contributed by atoms with Crippen LogP contribution in [-0.4, -0.2) is 66.2 Å². The molecular weight excluding hydrogens is 388 g/mol. The molecule has 0 amide bonds. The third kappa shape index (κ3) is 5.73.